The molecule has 0 aliphatic heterocycles. The summed E-state index contributed by atoms with van der Waals surface area (Å²) in [6.45, 7) is 3.99. The zero-order valence-corrected chi connectivity index (χ0v) is 7.37. The van der Waals surface area contributed by atoms with Crippen molar-refractivity contribution in [3.63, 3.8) is 0 Å². The zero-order chi connectivity index (χ0) is 9.14. The van der Waals surface area contributed by atoms with E-state index >= 15 is 0 Å². The Morgan fingerprint density at radius 1 is 1.50 bits per heavy atom. The molecular weight excluding hydrogens is 152 g/mol. The molecule has 0 spiro atoms. The lowest BCUT2D eigenvalue weighted by Crippen LogP contribution is -2.23. The van der Waals surface area contributed by atoms with E-state index in [1.807, 2.05) is 13.8 Å². The topological polar surface area (TPSA) is 58.9 Å². The average Bonchev–Trinajstić information content (AvgIpc) is 2.04. The fraction of sp³-hybridized carbons (Fsp3) is 0.444. The van der Waals surface area contributed by atoms with E-state index in [0.717, 1.165) is 0 Å². The van der Waals surface area contributed by atoms with Crippen LogP contribution < -0.4 is 11.2 Å². The van der Waals surface area contributed by atoms with Crippen molar-refractivity contribution in [2.24, 2.45) is 11.7 Å². The number of rotatable bonds is 2. The van der Waals surface area contributed by atoms with Gasteiger partial charge in [-0.15, -0.1) is 0 Å². The van der Waals surface area contributed by atoms with Gasteiger partial charge in [0, 0.05) is 30.1 Å². The molecule has 1 atom stereocenters. The molecule has 1 aromatic heterocycles. The lowest BCUT2D eigenvalue weighted by molar-refractivity contribution is 0.510. The summed E-state index contributed by atoms with van der Waals surface area (Å²) in [5, 5.41) is 0. The maximum atomic E-state index is 11.3. The van der Waals surface area contributed by atoms with Crippen molar-refractivity contribution in [1.82, 2.24) is 4.98 Å². The summed E-state index contributed by atoms with van der Waals surface area (Å²) < 4.78 is 0. The van der Waals surface area contributed by atoms with Gasteiger partial charge in [0.15, 0.2) is 5.43 Å². The van der Waals surface area contributed by atoms with E-state index in [9.17, 15) is 4.79 Å². The van der Waals surface area contributed by atoms with Crippen LogP contribution >= 0.6 is 0 Å². The summed E-state index contributed by atoms with van der Waals surface area (Å²) in [6, 6.07) is 1.33. The van der Waals surface area contributed by atoms with Crippen molar-refractivity contribution in [2.75, 3.05) is 0 Å². The normalized spacial score (nSPS) is 13.3. The molecule has 1 heterocycles. The van der Waals surface area contributed by atoms with Crippen molar-refractivity contribution >= 4 is 0 Å². The van der Waals surface area contributed by atoms with Gasteiger partial charge in [0.1, 0.15) is 0 Å². The van der Waals surface area contributed by atoms with Gasteiger partial charge >= 0.3 is 0 Å². The molecule has 0 aromatic carbocycles. The van der Waals surface area contributed by atoms with Crippen LogP contribution in [0, 0.1) is 5.92 Å². The van der Waals surface area contributed by atoms with Crippen molar-refractivity contribution in [3.05, 3.63) is 34.2 Å². The molecule has 66 valence electrons. The highest BCUT2D eigenvalue weighted by Gasteiger charge is 2.12. The third kappa shape index (κ3) is 1.74. The number of aromatic nitrogens is 1. The van der Waals surface area contributed by atoms with Crippen LogP contribution in [0.5, 0.6) is 0 Å². The van der Waals surface area contributed by atoms with Gasteiger partial charge in [0.05, 0.1) is 0 Å². The molecule has 0 bridgehead atoms. The Morgan fingerprint density at radius 2 is 2.17 bits per heavy atom. The van der Waals surface area contributed by atoms with Gasteiger partial charge in [-0.2, -0.15) is 0 Å². The number of hydrogen-bond acceptors (Lipinski definition) is 2. The highest BCUT2D eigenvalue weighted by Crippen LogP contribution is 2.13. The first-order chi connectivity index (χ1) is 5.63. The molecule has 3 heteroatoms. The molecule has 0 saturated carbocycles. The predicted molar refractivity (Wildman–Crippen MR) is 48.8 cm³/mol. The average molecular weight is 166 g/mol. The summed E-state index contributed by atoms with van der Waals surface area (Å²) in [7, 11) is 0. The zero-order valence-electron chi connectivity index (χ0n) is 7.37. The Balaban J connectivity index is 3.03. The van der Waals surface area contributed by atoms with Gasteiger partial charge in [-0.05, 0) is 5.92 Å². The van der Waals surface area contributed by atoms with Crippen LogP contribution in [-0.2, 0) is 0 Å². The molecule has 0 aliphatic carbocycles. The fourth-order valence-electron chi connectivity index (χ4n) is 1.05. The third-order valence-electron chi connectivity index (χ3n) is 1.93. The molecule has 3 N–H and O–H groups in total. The van der Waals surface area contributed by atoms with Crippen LogP contribution in [-0.4, -0.2) is 4.98 Å². The second-order valence-corrected chi connectivity index (χ2v) is 3.23. The van der Waals surface area contributed by atoms with Crippen LogP contribution in [0.2, 0.25) is 0 Å². The van der Waals surface area contributed by atoms with Crippen molar-refractivity contribution in [3.8, 4) is 0 Å². The monoisotopic (exact) mass is 166 g/mol. The molecule has 1 rings (SSSR count). The predicted octanol–water partition coefficient (Wildman–Crippen LogP) is 1.03. The maximum absolute atomic E-state index is 11.3. The van der Waals surface area contributed by atoms with Gasteiger partial charge in [0.25, 0.3) is 0 Å². The number of pyridine rings is 1. The number of hydrogen-bond donors (Lipinski definition) is 2. The first-order valence-electron chi connectivity index (χ1n) is 4.05. The third-order valence-corrected chi connectivity index (χ3v) is 1.93. The lowest BCUT2D eigenvalue weighted by atomic mass is 9.98. The largest absolute Gasteiger partial charge is 0.367 e. The van der Waals surface area contributed by atoms with Crippen LogP contribution in [0.3, 0.4) is 0 Å². The first-order valence-corrected chi connectivity index (χ1v) is 4.05. The molecule has 0 unspecified atom stereocenters. The molecule has 0 amide bonds. The Hall–Kier alpha value is -1.09. The summed E-state index contributed by atoms with van der Waals surface area (Å²) in [4.78, 5) is 14.1. The van der Waals surface area contributed by atoms with Gasteiger partial charge < -0.3 is 10.7 Å². The summed E-state index contributed by atoms with van der Waals surface area (Å²) in [5.74, 6) is 0.286. The summed E-state index contributed by atoms with van der Waals surface area (Å²) in [5.41, 5.74) is 6.49. The van der Waals surface area contributed by atoms with Gasteiger partial charge in [-0.3, -0.25) is 4.79 Å². The highest BCUT2D eigenvalue weighted by molar-refractivity contribution is 5.14. The van der Waals surface area contributed by atoms with E-state index in [1.54, 1.807) is 12.4 Å². The Bertz CT molecular complexity index is 303. The second-order valence-electron chi connectivity index (χ2n) is 3.23. The van der Waals surface area contributed by atoms with Crippen molar-refractivity contribution in [1.29, 1.82) is 0 Å². The number of aromatic amines is 1. The molecule has 1 aromatic rings. The molecular formula is C9H14N2O. The summed E-state index contributed by atoms with van der Waals surface area (Å²) in [6.07, 6.45) is 3.28. The minimum Gasteiger partial charge on any atom is -0.367 e. The van der Waals surface area contributed by atoms with Gasteiger partial charge in [-0.1, -0.05) is 13.8 Å². The van der Waals surface area contributed by atoms with E-state index in [0.29, 0.717) is 5.56 Å². The molecule has 0 fully saturated rings. The van der Waals surface area contributed by atoms with Gasteiger partial charge in [0.2, 0.25) is 0 Å². The van der Waals surface area contributed by atoms with Crippen molar-refractivity contribution < 1.29 is 0 Å². The molecule has 0 radical (unpaired) electrons. The molecule has 0 saturated heterocycles. The minimum absolute atomic E-state index is 0.00921. The number of nitrogens with one attached hydrogen (secondary N) is 1. The van der Waals surface area contributed by atoms with E-state index in [2.05, 4.69) is 4.98 Å². The van der Waals surface area contributed by atoms with Crippen LogP contribution in [0.1, 0.15) is 25.5 Å². The van der Waals surface area contributed by atoms with Crippen LogP contribution in [0.25, 0.3) is 0 Å². The molecule has 3 nitrogen and oxygen atoms in total. The smallest absolute Gasteiger partial charge is 0.186 e. The molecule has 12 heavy (non-hydrogen) atoms. The van der Waals surface area contributed by atoms with Crippen molar-refractivity contribution in [2.45, 2.75) is 19.9 Å². The first kappa shape index (κ1) is 9.00. The Morgan fingerprint density at radius 3 is 2.67 bits per heavy atom. The number of nitrogens with two attached hydrogens (primary N) is 1. The second kappa shape index (κ2) is 3.54. The van der Waals surface area contributed by atoms with E-state index in [1.165, 1.54) is 6.07 Å². The summed E-state index contributed by atoms with van der Waals surface area (Å²) >= 11 is 0. The van der Waals surface area contributed by atoms with E-state index in [-0.39, 0.29) is 17.4 Å². The molecule has 0 aliphatic rings. The lowest BCUT2D eigenvalue weighted by Gasteiger charge is -2.14. The van der Waals surface area contributed by atoms with Gasteiger partial charge in [-0.25, -0.2) is 0 Å². The maximum Gasteiger partial charge on any atom is 0.186 e. The standard InChI is InChI=1S/C9H14N2O/c1-6(2)9(10)7-5-11-4-3-8(7)12/h3-6,9H,10H2,1-2H3,(H,11,12)/t9-/m0/s1. The fourth-order valence-corrected chi connectivity index (χ4v) is 1.05. The Labute approximate surface area is 71.6 Å². The minimum atomic E-state index is -0.171. The quantitative estimate of drug-likeness (QED) is 0.689. The SMILES string of the molecule is CC(C)[C@H](N)c1c[nH]ccc1=O. The van der Waals surface area contributed by atoms with E-state index < -0.39 is 0 Å². The van der Waals surface area contributed by atoms with Crippen LogP contribution in [0.15, 0.2) is 23.3 Å². The number of H-pyrrole nitrogens is 1. The Kier molecular flexibility index (Phi) is 2.65. The van der Waals surface area contributed by atoms with E-state index in [4.69, 9.17) is 5.73 Å². The highest BCUT2D eigenvalue weighted by atomic mass is 16.1. The van der Waals surface area contributed by atoms with Crippen LogP contribution in [0.4, 0.5) is 0 Å².